The molecule has 0 bridgehead atoms. The standard InChI is InChI=1S/C15H21N3/c1-16-12-8-7-11(9-12)10-15-17-13-5-3-4-6-14(13)18(15)2/h3-6,11-12,16H,7-10H2,1-2H3. The first-order chi connectivity index (χ1) is 8.78. The predicted octanol–water partition coefficient (Wildman–Crippen LogP) is 2.50. The van der Waals surface area contributed by atoms with Crippen LogP contribution in [0.4, 0.5) is 0 Å². The van der Waals surface area contributed by atoms with Gasteiger partial charge in [0.2, 0.25) is 0 Å². The number of para-hydroxylation sites is 2. The molecule has 1 fully saturated rings. The summed E-state index contributed by atoms with van der Waals surface area (Å²) in [5.74, 6) is 2.02. The maximum Gasteiger partial charge on any atom is 0.109 e. The molecular weight excluding hydrogens is 222 g/mol. The van der Waals surface area contributed by atoms with Gasteiger partial charge in [-0.1, -0.05) is 12.1 Å². The van der Waals surface area contributed by atoms with Crippen molar-refractivity contribution in [3.63, 3.8) is 0 Å². The number of imidazole rings is 1. The van der Waals surface area contributed by atoms with Gasteiger partial charge in [-0.3, -0.25) is 0 Å². The molecule has 0 amide bonds. The number of nitrogens with zero attached hydrogens (tertiary/aromatic N) is 2. The number of hydrogen-bond acceptors (Lipinski definition) is 2. The van der Waals surface area contributed by atoms with E-state index in [2.05, 4.69) is 48.2 Å². The zero-order chi connectivity index (χ0) is 12.5. The first-order valence-electron chi connectivity index (χ1n) is 6.85. The van der Waals surface area contributed by atoms with E-state index in [1.807, 2.05) is 0 Å². The van der Waals surface area contributed by atoms with Crippen LogP contribution in [0.25, 0.3) is 11.0 Å². The Kier molecular flexibility index (Phi) is 3.08. The predicted molar refractivity (Wildman–Crippen MR) is 74.6 cm³/mol. The lowest BCUT2D eigenvalue weighted by Gasteiger charge is -2.10. The third-order valence-electron chi connectivity index (χ3n) is 4.30. The van der Waals surface area contributed by atoms with Crippen LogP contribution in [0.2, 0.25) is 0 Å². The largest absolute Gasteiger partial charge is 0.331 e. The number of aromatic nitrogens is 2. The van der Waals surface area contributed by atoms with Crippen molar-refractivity contribution >= 4 is 11.0 Å². The minimum atomic E-state index is 0.713. The summed E-state index contributed by atoms with van der Waals surface area (Å²) in [5, 5.41) is 3.39. The highest BCUT2D eigenvalue weighted by molar-refractivity contribution is 5.75. The Morgan fingerprint density at radius 1 is 1.33 bits per heavy atom. The molecule has 3 heteroatoms. The van der Waals surface area contributed by atoms with Gasteiger partial charge in [0.05, 0.1) is 11.0 Å². The van der Waals surface area contributed by atoms with Crippen LogP contribution in [0, 0.1) is 5.92 Å². The number of rotatable bonds is 3. The number of hydrogen-bond donors (Lipinski definition) is 1. The molecule has 0 spiro atoms. The number of fused-ring (bicyclic) bond motifs is 1. The van der Waals surface area contributed by atoms with Gasteiger partial charge in [-0.2, -0.15) is 0 Å². The summed E-state index contributed by atoms with van der Waals surface area (Å²) >= 11 is 0. The topological polar surface area (TPSA) is 29.9 Å². The Morgan fingerprint density at radius 3 is 2.89 bits per heavy atom. The minimum absolute atomic E-state index is 0.713. The average molecular weight is 243 g/mol. The Hall–Kier alpha value is -1.35. The van der Waals surface area contributed by atoms with Gasteiger partial charge in [0, 0.05) is 19.5 Å². The summed E-state index contributed by atoms with van der Waals surface area (Å²) in [6.45, 7) is 0. The van der Waals surface area contributed by atoms with Crippen molar-refractivity contribution in [1.29, 1.82) is 0 Å². The highest BCUT2D eigenvalue weighted by Crippen LogP contribution is 2.29. The van der Waals surface area contributed by atoms with Crippen LogP contribution in [0.15, 0.2) is 24.3 Å². The van der Waals surface area contributed by atoms with Gasteiger partial charge in [0.25, 0.3) is 0 Å². The molecule has 0 radical (unpaired) electrons. The number of nitrogens with one attached hydrogen (secondary N) is 1. The van der Waals surface area contributed by atoms with Gasteiger partial charge in [-0.15, -0.1) is 0 Å². The Morgan fingerprint density at radius 2 is 2.17 bits per heavy atom. The van der Waals surface area contributed by atoms with Crippen LogP contribution in [-0.4, -0.2) is 22.6 Å². The smallest absolute Gasteiger partial charge is 0.109 e. The van der Waals surface area contributed by atoms with Crippen molar-refractivity contribution in [2.24, 2.45) is 13.0 Å². The van der Waals surface area contributed by atoms with Crippen molar-refractivity contribution in [3.05, 3.63) is 30.1 Å². The maximum atomic E-state index is 4.77. The van der Waals surface area contributed by atoms with Gasteiger partial charge in [-0.05, 0) is 44.4 Å². The molecule has 0 saturated heterocycles. The fourth-order valence-electron chi connectivity index (χ4n) is 3.16. The average Bonchev–Trinajstić information content (AvgIpc) is 2.97. The van der Waals surface area contributed by atoms with Crippen LogP contribution in [-0.2, 0) is 13.5 Å². The molecule has 18 heavy (non-hydrogen) atoms. The molecule has 2 aromatic rings. The monoisotopic (exact) mass is 243 g/mol. The van der Waals surface area contributed by atoms with Crippen molar-refractivity contribution in [1.82, 2.24) is 14.9 Å². The molecule has 2 atom stereocenters. The molecule has 0 aliphatic heterocycles. The molecular formula is C15H21N3. The number of aryl methyl sites for hydroxylation is 1. The fourth-order valence-corrected chi connectivity index (χ4v) is 3.16. The summed E-state index contributed by atoms with van der Waals surface area (Å²) in [6.07, 6.45) is 5.04. The summed E-state index contributed by atoms with van der Waals surface area (Å²) in [4.78, 5) is 4.77. The summed E-state index contributed by atoms with van der Waals surface area (Å²) in [7, 11) is 4.21. The molecule has 1 heterocycles. The lowest BCUT2D eigenvalue weighted by Crippen LogP contribution is -2.21. The summed E-state index contributed by atoms with van der Waals surface area (Å²) in [6, 6.07) is 9.11. The molecule has 1 N–H and O–H groups in total. The van der Waals surface area contributed by atoms with Crippen molar-refractivity contribution in [2.75, 3.05) is 7.05 Å². The molecule has 1 aliphatic rings. The van der Waals surface area contributed by atoms with E-state index in [9.17, 15) is 0 Å². The van der Waals surface area contributed by atoms with Crippen molar-refractivity contribution in [3.8, 4) is 0 Å². The molecule has 3 rings (SSSR count). The van der Waals surface area contributed by atoms with E-state index in [4.69, 9.17) is 4.98 Å². The third-order valence-corrected chi connectivity index (χ3v) is 4.30. The van der Waals surface area contributed by atoms with E-state index in [0.717, 1.165) is 17.9 Å². The zero-order valence-electron chi connectivity index (χ0n) is 11.2. The molecule has 1 aromatic heterocycles. The Balaban J connectivity index is 1.81. The van der Waals surface area contributed by atoms with E-state index in [-0.39, 0.29) is 0 Å². The molecule has 2 unspecified atom stereocenters. The third kappa shape index (κ3) is 2.03. The minimum Gasteiger partial charge on any atom is -0.331 e. The van der Waals surface area contributed by atoms with Gasteiger partial charge in [-0.25, -0.2) is 4.98 Å². The highest BCUT2D eigenvalue weighted by Gasteiger charge is 2.24. The van der Waals surface area contributed by atoms with E-state index in [0.29, 0.717) is 6.04 Å². The molecule has 3 nitrogen and oxygen atoms in total. The summed E-state index contributed by atoms with van der Waals surface area (Å²) < 4.78 is 2.25. The van der Waals surface area contributed by atoms with Crippen molar-refractivity contribution in [2.45, 2.75) is 31.7 Å². The summed E-state index contributed by atoms with van der Waals surface area (Å²) in [5.41, 5.74) is 2.37. The van der Waals surface area contributed by atoms with E-state index in [1.165, 1.54) is 30.6 Å². The van der Waals surface area contributed by atoms with Gasteiger partial charge < -0.3 is 9.88 Å². The van der Waals surface area contributed by atoms with Crippen LogP contribution in [0.1, 0.15) is 25.1 Å². The second-order valence-corrected chi connectivity index (χ2v) is 5.44. The molecule has 1 aromatic carbocycles. The van der Waals surface area contributed by atoms with Gasteiger partial charge in [0.1, 0.15) is 5.82 Å². The van der Waals surface area contributed by atoms with Crippen LogP contribution >= 0.6 is 0 Å². The SMILES string of the molecule is CNC1CCC(Cc2nc3ccccc3n2C)C1. The molecule has 1 saturated carbocycles. The number of benzene rings is 1. The first-order valence-corrected chi connectivity index (χ1v) is 6.85. The first kappa shape index (κ1) is 11.7. The van der Waals surface area contributed by atoms with Crippen molar-refractivity contribution < 1.29 is 0 Å². The highest BCUT2D eigenvalue weighted by atomic mass is 15.1. The maximum absolute atomic E-state index is 4.77. The second kappa shape index (κ2) is 4.73. The van der Waals surface area contributed by atoms with Gasteiger partial charge >= 0.3 is 0 Å². The Labute approximate surface area is 108 Å². The fraction of sp³-hybridized carbons (Fsp3) is 0.533. The van der Waals surface area contributed by atoms with E-state index >= 15 is 0 Å². The quantitative estimate of drug-likeness (QED) is 0.897. The molecule has 1 aliphatic carbocycles. The van der Waals surface area contributed by atoms with Gasteiger partial charge in [0.15, 0.2) is 0 Å². The lowest BCUT2D eigenvalue weighted by molar-refractivity contribution is 0.494. The Bertz CT molecular complexity index is 544. The lowest BCUT2D eigenvalue weighted by atomic mass is 10.0. The van der Waals surface area contributed by atoms with Crippen LogP contribution < -0.4 is 5.32 Å². The van der Waals surface area contributed by atoms with E-state index in [1.54, 1.807) is 0 Å². The van der Waals surface area contributed by atoms with E-state index < -0.39 is 0 Å². The van der Waals surface area contributed by atoms with Crippen LogP contribution in [0.5, 0.6) is 0 Å². The molecule has 96 valence electrons. The second-order valence-electron chi connectivity index (χ2n) is 5.44. The normalized spacial score (nSPS) is 23.9. The zero-order valence-corrected chi connectivity index (χ0v) is 11.2. The van der Waals surface area contributed by atoms with Crippen LogP contribution in [0.3, 0.4) is 0 Å².